The first-order valence-corrected chi connectivity index (χ1v) is 6.01. The first kappa shape index (κ1) is 12.9. The van der Waals surface area contributed by atoms with Crippen LogP contribution in [0.15, 0.2) is 0 Å². The Balaban J connectivity index is 2.01. The quantitative estimate of drug-likeness (QED) is 0.476. The fourth-order valence-electron chi connectivity index (χ4n) is 2.22. The Hall–Kier alpha value is -1.59. The summed E-state index contributed by atoms with van der Waals surface area (Å²) in [4.78, 5) is 36.1. The molecule has 2 aliphatic heterocycles. The van der Waals surface area contributed by atoms with Gasteiger partial charge < -0.3 is 14.4 Å². The molecule has 0 bridgehead atoms. The van der Waals surface area contributed by atoms with E-state index in [0.29, 0.717) is 13.0 Å². The van der Waals surface area contributed by atoms with Crippen LogP contribution in [-0.4, -0.2) is 41.6 Å². The molecular formula is C12H17NO5. The smallest absolute Gasteiger partial charge is 0.410 e. The predicted octanol–water partition coefficient (Wildman–Crippen LogP) is 0.943. The van der Waals surface area contributed by atoms with Gasteiger partial charge in [0.05, 0.1) is 11.8 Å². The average molecular weight is 255 g/mol. The third-order valence-electron chi connectivity index (χ3n) is 3.07. The Morgan fingerprint density at radius 2 is 1.89 bits per heavy atom. The highest BCUT2D eigenvalue weighted by molar-refractivity contribution is 5.97. The summed E-state index contributed by atoms with van der Waals surface area (Å²) in [7, 11) is 0. The zero-order valence-electron chi connectivity index (χ0n) is 10.8. The Morgan fingerprint density at radius 1 is 1.28 bits per heavy atom. The largest absolute Gasteiger partial charge is 0.444 e. The van der Waals surface area contributed by atoms with Gasteiger partial charge in [-0.3, -0.25) is 9.59 Å². The second-order valence-electron chi connectivity index (χ2n) is 5.67. The highest BCUT2D eigenvalue weighted by atomic mass is 16.6. The molecule has 0 aromatic carbocycles. The van der Waals surface area contributed by atoms with Crippen molar-refractivity contribution in [3.63, 3.8) is 0 Å². The molecule has 18 heavy (non-hydrogen) atoms. The molecule has 100 valence electrons. The predicted molar refractivity (Wildman–Crippen MR) is 60.5 cm³/mol. The van der Waals surface area contributed by atoms with Crippen LogP contribution in [0.5, 0.6) is 0 Å². The van der Waals surface area contributed by atoms with E-state index in [1.54, 1.807) is 20.8 Å². The Bertz CT molecular complexity index is 398. The molecule has 0 aromatic heterocycles. The topological polar surface area (TPSA) is 72.9 Å². The number of nitrogens with zero attached hydrogens (tertiary/aromatic N) is 1. The van der Waals surface area contributed by atoms with Gasteiger partial charge in [-0.1, -0.05) is 0 Å². The van der Waals surface area contributed by atoms with E-state index in [1.807, 2.05) is 0 Å². The number of fused-ring (bicyclic) bond motifs is 1. The molecule has 0 aromatic rings. The van der Waals surface area contributed by atoms with Gasteiger partial charge in [0.25, 0.3) is 0 Å². The first-order chi connectivity index (χ1) is 8.28. The van der Waals surface area contributed by atoms with Gasteiger partial charge in [-0.25, -0.2) is 4.79 Å². The minimum atomic E-state index is -0.570. The molecule has 1 unspecified atom stereocenters. The van der Waals surface area contributed by atoms with Crippen molar-refractivity contribution in [2.45, 2.75) is 32.8 Å². The van der Waals surface area contributed by atoms with Gasteiger partial charge in [0.1, 0.15) is 5.60 Å². The highest BCUT2D eigenvalue weighted by Gasteiger charge is 2.48. The molecule has 2 heterocycles. The van der Waals surface area contributed by atoms with Crippen molar-refractivity contribution < 1.29 is 23.9 Å². The van der Waals surface area contributed by atoms with Crippen LogP contribution in [0.25, 0.3) is 0 Å². The molecule has 2 saturated heterocycles. The normalized spacial score (nSPS) is 27.8. The minimum Gasteiger partial charge on any atom is -0.444 e. The van der Waals surface area contributed by atoms with Gasteiger partial charge in [-0.05, 0) is 27.2 Å². The van der Waals surface area contributed by atoms with Crippen LogP contribution in [0.1, 0.15) is 27.2 Å². The fraction of sp³-hybridized carbons (Fsp3) is 0.750. The third-order valence-corrected chi connectivity index (χ3v) is 3.07. The Morgan fingerprint density at radius 3 is 2.50 bits per heavy atom. The molecule has 1 amide bonds. The lowest BCUT2D eigenvalue weighted by molar-refractivity contribution is -0.153. The molecule has 2 rings (SSSR count). The second-order valence-corrected chi connectivity index (χ2v) is 5.67. The van der Waals surface area contributed by atoms with Crippen LogP contribution < -0.4 is 0 Å². The van der Waals surface area contributed by atoms with Crippen LogP contribution in [0.3, 0.4) is 0 Å². The molecule has 0 saturated carbocycles. The number of rotatable bonds is 0. The van der Waals surface area contributed by atoms with E-state index < -0.39 is 35.5 Å². The number of piperidine rings is 1. The summed E-state index contributed by atoms with van der Waals surface area (Å²) in [6.07, 6.45) is 0.00203. The van der Waals surface area contributed by atoms with E-state index in [0.717, 1.165) is 0 Å². The van der Waals surface area contributed by atoms with Crippen LogP contribution in [0, 0.1) is 11.8 Å². The molecule has 2 fully saturated rings. The number of hydrogen-bond acceptors (Lipinski definition) is 5. The molecule has 6 heteroatoms. The first-order valence-electron chi connectivity index (χ1n) is 6.01. The number of hydrogen-bond donors (Lipinski definition) is 0. The summed E-state index contributed by atoms with van der Waals surface area (Å²) in [6, 6.07) is 0. The molecule has 6 nitrogen and oxygen atoms in total. The van der Waals surface area contributed by atoms with Gasteiger partial charge in [-0.2, -0.15) is 0 Å². The number of ether oxygens (including phenoxy) is 2. The average Bonchev–Trinajstić information content (AvgIpc) is 2.52. The van der Waals surface area contributed by atoms with E-state index in [4.69, 9.17) is 4.74 Å². The van der Waals surface area contributed by atoms with Gasteiger partial charge in [-0.15, -0.1) is 0 Å². The van der Waals surface area contributed by atoms with Crippen LogP contribution >= 0.6 is 0 Å². The van der Waals surface area contributed by atoms with E-state index >= 15 is 0 Å². The fourth-order valence-corrected chi connectivity index (χ4v) is 2.22. The van der Waals surface area contributed by atoms with Gasteiger partial charge in [0.2, 0.25) is 0 Å². The summed E-state index contributed by atoms with van der Waals surface area (Å²) in [5, 5.41) is 0. The number of carbonyl (C=O) groups excluding carboxylic acids is 3. The third kappa shape index (κ3) is 2.47. The Labute approximate surface area is 105 Å². The summed E-state index contributed by atoms with van der Waals surface area (Å²) >= 11 is 0. The van der Waals surface area contributed by atoms with Crippen LogP contribution in [-0.2, 0) is 19.1 Å². The molecule has 2 aliphatic rings. The van der Waals surface area contributed by atoms with Gasteiger partial charge in [0, 0.05) is 13.1 Å². The van der Waals surface area contributed by atoms with Crippen molar-refractivity contribution in [1.82, 2.24) is 4.90 Å². The lowest BCUT2D eigenvalue weighted by atomic mass is 9.88. The lowest BCUT2D eigenvalue weighted by Gasteiger charge is -2.33. The van der Waals surface area contributed by atoms with Gasteiger partial charge >= 0.3 is 18.0 Å². The van der Waals surface area contributed by atoms with Crippen molar-refractivity contribution in [1.29, 1.82) is 0 Å². The minimum absolute atomic E-state index is 0.199. The van der Waals surface area contributed by atoms with E-state index in [1.165, 1.54) is 4.90 Å². The van der Waals surface area contributed by atoms with Crippen molar-refractivity contribution in [2.75, 3.05) is 13.1 Å². The summed E-state index contributed by atoms with van der Waals surface area (Å²) in [6.45, 7) is 5.96. The van der Waals surface area contributed by atoms with Crippen LogP contribution in [0.4, 0.5) is 4.79 Å². The van der Waals surface area contributed by atoms with Gasteiger partial charge in [0.15, 0.2) is 0 Å². The number of esters is 2. The van der Waals surface area contributed by atoms with E-state index in [9.17, 15) is 14.4 Å². The Kier molecular flexibility index (Phi) is 3.04. The summed E-state index contributed by atoms with van der Waals surface area (Å²) in [5.41, 5.74) is -0.570. The summed E-state index contributed by atoms with van der Waals surface area (Å²) < 4.78 is 9.82. The maximum Gasteiger partial charge on any atom is 0.410 e. The zero-order chi connectivity index (χ0) is 13.5. The molecule has 0 aliphatic carbocycles. The van der Waals surface area contributed by atoms with Crippen molar-refractivity contribution in [2.24, 2.45) is 11.8 Å². The molecular weight excluding hydrogens is 238 g/mol. The van der Waals surface area contributed by atoms with E-state index in [2.05, 4.69) is 4.74 Å². The number of carbonyl (C=O) groups is 3. The second kappa shape index (κ2) is 4.26. The monoisotopic (exact) mass is 255 g/mol. The standard InChI is InChI=1S/C12H17NO5/c1-12(2,3)18-11(16)13-5-4-7-8(6-13)10(15)17-9(7)14/h7-8H,4-6H2,1-3H3/t7?,8-/m0/s1. The number of likely N-dealkylation sites (tertiary alicyclic amines) is 1. The highest BCUT2D eigenvalue weighted by Crippen LogP contribution is 2.32. The SMILES string of the molecule is CC(C)(C)OC(=O)N1CCC2C(=O)OC(=O)[C@H]2C1. The molecule has 0 N–H and O–H groups in total. The molecule has 2 atom stereocenters. The maximum absolute atomic E-state index is 11.9. The molecule has 0 radical (unpaired) electrons. The van der Waals surface area contributed by atoms with Crippen molar-refractivity contribution in [3.8, 4) is 0 Å². The summed E-state index contributed by atoms with van der Waals surface area (Å²) in [5.74, 6) is -1.91. The zero-order valence-corrected chi connectivity index (χ0v) is 10.8. The number of cyclic esters (lactones) is 2. The van der Waals surface area contributed by atoms with Crippen LogP contribution in [0.2, 0.25) is 0 Å². The maximum atomic E-state index is 11.9. The lowest BCUT2D eigenvalue weighted by Crippen LogP contribution is -2.46. The van der Waals surface area contributed by atoms with E-state index in [-0.39, 0.29) is 6.54 Å². The van der Waals surface area contributed by atoms with Crippen molar-refractivity contribution >= 4 is 18.0 Å². The molecule has 0 spiro atoms. The number of amides is 1. The van der Waals surface area contributed by atoms with Crippen molar-refractivity contribution in [3.05, 3.63) is 0 Å².